The van der Waals surface area contributed by atoms with Gasteiger partial charge in [-0.3, -0.25) is 0 Å². The summed E-state index contributed by atoms with van der Waals surface area (Å²) < 4.78 is 18.5. The lowest BCUT2D eigenvalue weighted by atomic mass is 10.1. The highest BCUT2D eigenvalue weighted by atomic mass is 32.2. The minimum atomic E-state index is -0.183. The first-order valence-electron chi connectivity index (χ1n) is 5.32. The van der Waals surface area contributed by atoms with Crippen molar-refractivity contribution in [2.75, 3.05) is 19.5 Å². The molecule has 1 aromatic rings. The van der Waals surface area contributed by atoms with Crippen molar-refractivity contribution in [2.45, 2.75) is 24.3 Å². The second-order valence-electron chi connectivity index (χ2n) is 3.67. The van der Waals surface area contributed by atoms with E-state index < -0.39 is 0 Å². The van der Waals surface area contributed by atoms with Gasteiger partial charge in [-0.15, -0.1) is 11.8 Å². The predicted molar refractivity (Wildman–Crippen MR) is 66.2 cm³/mol. The number of hydrogen-bond donors (Lipinski definition) is 1. The van der Waals surface area contributed by atoms with E-state index in [0.29, 0.717) is 11.5 Å². The van der Waals surface area contributed by atoms with Gasteiger partial charge in [0.1, 0.15) is 5.82 Å². The normalized spacial score (nSPS) is 12.8. The first-order chi connectivity index (χ1) is 7.65. The average Bonchev–Trinajstić information content (AvgIpc) is 2.26. The molecule has 0 aromatic heterocycles. The molecule has 0 amide bonds. The average molecular weight is 243 g/mol. The maximum atomic E-state index is 13.6. The van der Waals surface area contributed by atoms with E-state index in [2.05, 4.69) is 0 Å². The SMILES string of the molecule is COCCCSc1ccc([C@@H](C)N)cc1F. The van der Waals surface area contributed by atoms with Gasteiger partial charge < -0.3 is 10.5 Å². The molecule has 16 heavy (non-hydrogen) atoms. The number of nitrogens with two attached hydrogens (primary N) is 1. The van der Waals surface area contributed by atoms with Crippen molar-refractivity contribution >= 4 is 11.8 Å². The fraction of sp³-hybridized carbons (Fsp3) is 0.500. The van der Waals surface area contributed by atoms with Gasteiger partial charge in [0.05, 0.1) is 0 Å². The van der Waals surface area contributed by atoms with E-state index >= 15 is 0 Å². The highest BCUT2D eigenvalue weighted by Gasteiger charge is 2.06. The first-order valence-corrected chi connectivity index (χ1v) is 6.30. The second-order valence-corrected chi connectivity index (χ2v) is 4.81. The van der Waals surface area contributed by atoms with E-state index in [1.807, 2.05) is 13.0 Å². The summed E-state index contributed by atoms with van der Waals surface area (Å²) in [6.07, 6.45) is 0.926. The van der Waals surface area contributed by atoms with Crippen molar-refractivity contribution in [3.8, 4) is 0 Å². The summed E-state index contributed by atoms with van der Waals surface area (Å²) in [4.78, 5) is 0.681. The quantitative estimate of drug-likeness (QED) is 0.616. The molecule has 0 aliphatic heterocycles. The van der Waals surface area contributed by atoms with Crippen LogP contribution in [0.3, 0.4) is 0 Å². The molecule has 0 aliphatic carbocycles. The molecular weight excluding hydrogens is 225 g/mol. The van der Waals surface area contributed by atoms with Crippen molar-refractivity contribution in [2.24, 2.45) is 5.73 Å². The molecule has 1 rings (SSSR count). The van der Waals surface area contributed by atoms with Gasteiger partial charge in [-0.05, 0) is 31.0 Å². The van der Waals surface area contributed by atoms with Gasteiger partial charge in [0, 0.05) is 30.4 Å². The molecular formula is C12H18FNOS. The smallest absolute Gasteiger partial charge is 0.137 e. The van der Waals surface area contributed by atoms with E-state index in [4.69, 9.17) is 10.5 Å². The van der Waals surface area contributed by atoms with Gasteiger partial charge in [0.2, 0.25) is 0 Å². The summed E-state index contributed by atoms with van der Waals surface area (Å²) in [5.41, 5.74) is 6.51. The Labute approximate surface area is 100 Å². The van der Waals surface area contributed by atoms with Gasteiger partial charge in [0.25, 0.3) is 0 Å². The Morgan fingerprint density at radius 1 is 1.50 bits per heavy atom. The van der Waals surface area contributed by atoms with Crippen LogP contribution in [-0.2, 0) is 4.74 Å². The Morgan fingerprint density at radius 2 is 2.25 bits per heavy atom. The van der Waals surface area contributed by atoms with Crippen molar-refractivity contribution in [1.82, 2.24) is 0 Å². The number of benzene rings is 1. The molecule has 0 fully saturated rings. The van der Waals surface area contributed by atoms with Crippen LogP contribution in [0.1, 0.15) is 24.9 Å². The number of hydrogen-bond acceptors (Lipinski definition) is 3. The third-order valence-corrected chi connectivity index (χ3v) is 3.37. The lowest BCUT2D eigenvalue weighted by molar-refractivity contribution is 0.200. The van der Waals surface area contributed by atoms with Crippen molar-refractivity contribution in [3.63, 3.8) is 0 Å². The Hall–Kier alpha value is -0.580. The summed E-state index contributed by atoms with van der Waals surface area (Å²) in [5, 5.41) is 0. The number of ether oxygens (including phenoxy) is 1. The van der Waals surface area contributed by atoms with Crippen LogP contribution in [0, 0.1) is 5.82 Å². The van der Waals surface area contributed by atoms with Crippen LogP contribution in [0.2, 0.25) is 0 Å². The molecule has 4 heteroatoms. The van der Waals surface area contributed by atoms with E-state index in [1.165, 1.54) is 17.8 Å². The standard InChI is InChI=1S/C12H18FNOS/c1-9(14)10-4-5-12(11(13)8-10)16-7-3-6-15-2/h4-5,8-9H,3,6-7,14H2,1-2H3/t9-/m1/s1. The van der Waals surface area contributed by atoms with Gasteiger partial charge in [0.15, 0.2) is 0 Å². The van der Waals surface area contributed by atoms with Crippen LogP contribution >= 0.6 is 11.8 Å². The zero-order chi connectivity index (χ0) is 12.0. The van der Waals surface area contributed by atoms with E-state index in [0.717, 1.165) is 17.7 Å². The van der Waals surface area contributed by atoms with E-state index in [9.17, 15) is 4.39 Å². The molecule has 0 bridgehead atoms. The maximum absolute atomic E-state index is 13.6. The molecule has 0 aliphatic rings. The summed E-state index contributed by atoms with van der Waals surface area (Å²) in [6, 6.07) is 5.07. The van der Waals surface area contributed by atoms with Crippen LogP contribution in [0.4, 0.5) is 4.39 Å². The maximum Gasteiger partial charge on any atom is 0.137 e. The molecule has 0 heterocycles. The van der Waals surface area contributed by atoms with Crippen LogP contribution in [0.25, 0.3) is 0 Å². The fourth-order valence-electron chi connectivity index (χ4n) is 1.30. The van der Waals surface area contributed by atoms with Gasteiger partial charge in [-0.25, -0.2) is 4.39 Å². The molecule has 2 nitrogen and oxygen atoms in total. The third kappa shape index (κ3) is 4.12. The molecule has 0 saturated carbocycles. The van der Waals surface area contributed by atoms with Gasteiger partial charge in [-0.1, -0.05) is 6.07 Å². The van der Waals surface area contributed by atoms with E-state index in [-0.39, 0.29) is 11.9 Å². The lowest BCUT2D eigenvalue weighted by Gasteiger charge is -2.08. The minimum Gasteiger partial charge on any atom is -0.385 e. The Balaban J connectivity index is 2.54. The van der Waals surface area contributed by atoms with Crippen LogP contribution in [0.15, 0.2) is 23.1 Å². The molecule has 1 aromatic carbocycles. The number of halogens is 1. The van der Waals surface area contributed by atoms with Crippen LogP contribution in [0.5, 0.6) is 0 Å². The molecule has 0 unspecified atom stereocenters. The minimum absolute atomic E-state index is 0.123. The molecule has 0 radical (unpaired) electrons. The molecule has 2 N–H and O–H groups in total. The number of methoxy groups -OCH3 is 1. The highest BCUT2D eigenvalue weighted by Crippen LogP contribution is 2.24. The summed E-state index contributed by atoms with van der Waals surface area (Å²) >= 11 is 1.51. The Kier molecular flexibility index (Phi) is 5.80. The van der Waals surface area contributed by atoms with Crippen molar-refractivity contribution < 1.29 is 9.13 Å². The fourth-order valence-corrected chi connectivity index (χ4v) is 2.15. The Bertz CT molecular complexity index is 331. The number of rotatable bonds is 6. The third-order valence-electron chi connectivity index (χ3n) is 2.23. The van der Waals surface area contributed by atoms with Crippen LogP contribution in [-0.4, -0.2) is 19.5 Å². The Morgan fingerprint density at radius 3 is 2.81 bits per heavy atom. The van der Waals surface area contributed by atoms with Crippen LogP contribution < -0.4 is 5.73 Å². The molecule has 0 saturated heterocycles. The highest BCUT2D eigenvalue weighted by molar-refractivity contribution is 7.99. The van der Waals surface area contributed by atoms with Crippen molar-refractivity contribution in [3.05, 3.63) is 29.6 Å². The zero-order valence-electron chi connectivity index (χ0n) is 9.70. The zero-order valence-corrected chi connectivity index (χ0v) is 10.5. The summed E-state index contributed by atoms with van der Waals surface area (Å²) in [5.74, 6) is 0.680. The van der Waals surface area contributed by atoms with Gasteiger partial charge >= 0.3 is 0 Å². The second kappa shape index (κ2) is 6.89. The summed E-state index contributed by atoms with van der Waals surface area (Å²) in [6.45, 7) is 2.56. The van der Waals surface area contributed by atoms with Gasteiger partial charge in [-0.2, -0.15) is 0 Å². The topological polar surface area (TPSA) is 35.2 Å². The predicted octanol–water partition coefficient (Wildman–Crippen LogP) is 2.97. The molecule has 1 atom stereocenters. The monoisotopic (exact) mass is 243 g/mol. The first kappa shape index (κ1) is 13.5. The van der Waals surface area contributed by atoms with Crippen molar-refractivity contribution in [1.29, 1.82) is 0 Å². The van der Waals surface area contributed by atoms with E-state index in [1.54, 1.807) is 13.2 Å². The lowest BCUT2D eigenvalue weighted by Crippen LogP contribution is -2.05. The summed E-state index contributed by atoms with van der Waals surface area (Å²) in [7, 11) is 1.67. The number of thioether (sulfide) groups is 1. The largest absolute Gasteiger partial charge is 0.385 e. The molecule has 0 spiro atoms. The molecule has 90 valence electrons.